The average Bonchev–Trinajstić information content (AvgIpc) is 2.87. The zero-order valence-corrected chi connectivity index (χ0v) is 10.0. The third-order valence-corrected chi connectivity index (χ3v) is 3.90. The Morgan fingerprint density at radius 2 is 2.33 bits per heavy atom. The van der Waals surface area contributed by atoms with Crippen LogP contribution in [0.5, 0.6) is 0 Å². The molecule has 0 bridgehead atoms. The summed E-state index contributed by atoms with van der Waals surface area (Å²) in [5.41, 5.74) is 9.19. The number of hydrogen-bond acceptors (Lipinski definition) is 2. The van der Waals surface area contributed by atoms with Crippen molar-refractivity contribution in [2.24, 2.45) is 11.7 Å². The van der Waals surface area contributed by atoms with E-state index in [-0.39, 0.29) is 0 Å². The number of nitrogens with one attached hydrogen (secondary N) is 1. The molecule has 4 N–H and O–H groups in total. The molecule has 2 unspecified atom stereocenters. The van der Waals surface area contributed by atoms with E-state index in [1.807, 2.05) is 6.08 Å². The lowest BCUT2D eigenvalue weighted by Crippen LogP contribution is -2.13. The third kappa shape index (κ3) is 1.74. The van der Waals surface area contributed by atoms with E-state index in [1.54, 1.807) is 6.07 Å². The minimum absolute atomic E-state index is 0.299. The molecule has 0 aromatic carbocycles. The summed E-state index contributed by atoms with van der Waals surface area (Å²) in [7, 11) is 0. The number of aromatic carboxylic acids is 1. The zero-order valence-electron chi connectivity index (χ0n) is 10.0. The number of fused-ring (bicyclic) bond motifs is 1. The highest BCUT2D eigenvalue weighted by Gasteiger charge is 2.31. The van der Waals surface area contributed by atoms with Crippen molar-refractivity contribution in [3.63, 3.8) is 0 Å². The van der Waals surface area contributed by atoms with E-state index in [2.05, 4.69) is 17.1 Å². The molecule has 4 nitrogen and oxygen atoms in total. The van der Waals surface area contributed by atoms with Crippen molar-refractivity contribution in [3.8, 4) is 0 Å². The maximum atomic E-state index is 11.0. The highest BCUT2D eigenvalue weighted by Crippen LogP contribution is 2.41. The van der Waals surface area contributed by atoms with Crippen molar-refractivity contribution in [1.82, 2.24) is 4.98 Å². The van der Waals surface area contributed by atoms with E-state index < -0.39 is 5.97 Å². The normalized spacial score (nSPS) is 25.9. The van der Waals surface area contributed by atoms with Crippen LogP contribution < -0.4 is 5.73 Å². The Hall–Kier alpha value is -1.97. The van der Waals surface area contributed by atoms with Crippen LogP contribution in [0, 0.1) is 5.92 Å². The third-order valence-electron chi connectivity index (χ3n) is 3.90. The summed E-state index contributed by atoms with van der Waals surface area (Å²) in [6, 6.07) is 1.77. The Morgan fingerprint density at radius 3 is 3.06 bits per heavy atom. The van der Waals surface area contributed by atoms with Crippen molar-refractivity contribution >= 4 is 5.97 Å². The number of H-pyrrole nitrogens is 1. The van der Waals surface area contributed by atoms with Gasteiger partial charge in [-0.05, 0) is 42.9 Å². The first-order valence-corrected chi connectivity index (χ1v) is 6.24. The van der Waals surface area contributed by atoms with Crippen LogP contribution >= 0.6 is 0 Å². The van der Waals surface area contributed by atoms with Gasteiger partial charge in [0.05, 0.1) is 0 Å². The first-order chi connectivity index (χ1) is 8.65. The smallest absolute Gasteiger partial charge is 0.352 e. The van der Waals surface area contributed by atoms with Gasteiger partial charge in [-0.25, -0.2) is 4.79 Å². The Morgan fingerprint density at radius 1 is 1.50 bits per heavy atom. The van der Waals surface area contributed by atoms with Gasteiger partial charge in [-0.3, -0.25) is 0 Å². The first-order valence-electron chi connectivity index (χ1n) is 6.24. The number of hydrogen-bond donors (Lipinski definition) is 3. The van der Waals surface area contributed by atoms with Gasteiger partial charge in [-0.1, -0.05) is 12.2 Å². The second-order valence-electron chi connectivity index (χ2n) is 5.04. The van der Waals surface area contributed by atoms with Crippen molar-refractivity contribution in [1.29, 1.82) is 0 Å². The fourth-order valence-corrected chi connectivity index (χ4v) is 3.06. The number of rotatable bonds is 2. The predicted molar refractivity (Wildman–Crippen MR) is 68.3 cm³/mol. The number of carboxylic acid groups (broad SMARTS) is 1. The van der Waals surface area contributed by atoms with Gasteiger partial charge in [-0.15, -0.1) is 0 Å². The molecular weight excluding hydrogens is 228 g/mol. The van der Waals surface area contributed by atoms with Crippen molar-refractivity contribution in [3.05, 3.63) is 46.9 Å². The fourth-order valence-electron chi connectivity index (χ4n) is 3.06. The van der Waals surface area contributed by atoms with E-state index in [0.717, 1.165) is 36.2 Å². The van der Waals surface area contributed by atoms with Crippen LogP contribution in [0.4, 0.5) is 0 Å². The average molecular weight is 244 g/mol. The molecule has 94 valence electrons. The Labute approximate surface area is 105 Å². The number of carbonyl (C=O) groups is 1. The Balaban J connectivity index is 1.90. The summed E-state index contributed by atoms with van der Waals surface area (Å²) in [4.78, 5) is 14.0. The molecule has 2 aliphatic carbocycles. The zero-order chi connectivity index (χ0) is 12.7. The molecule has 2 aliphatic rings. The van der Waals surface area contributed by atoms with E-state index in [0.29, 0.717) is 17.5 Å². The molecule has 0 radical (unpaired) electrons. The van der Waals surface area contributed by atoms with Gasteiger partial charge < -0.3 is 15.8 Å². The number of aromatic amines is 1. The van der Waals surface area contributed by atoms with Crippen molar-refractivity contribution in [2.75, 3.05) is 0 Å². The minimum atomic E-state index is -0.887. The largest absolute Gasteiger partial charge is 0.477 e. The number of allylic oxidation sites excluding steroid dienone is 3. The molecule has 3 rings (SSSR count). The van der Waals surface area contributed by atoms with Crippen LogP contribution in [0.15, 0.2) is 30.0 Å². The topological polar surface area (TPSA) is 79.1 Å². The molecule has 2 atom stereocenters. The Kier molecular flexibility index (Phi) is 2.51. The molecule has 0 aliphatic heterocycles. The van der Waals surface area contributed by atoms with E-state index in [9.17, 15) is 4.79 Å². The quantitative estimate of drug-likeness (QED) is 0.745. The molecule has 0 saturated carbocycles. The molecule has 1 heterocycles. The number of carboxylic acids is 1. The van der Waals surface area contributed by atoms with E-state index >= 15 is 0 Å². The van der Waals surface area contributed by atoms with Gasteiger partial charge in [0.15, 0.2) is 0 Å². The van der Waals surface area contributed by atoms with Crippen LogP contribution in [0.2, 0.25) is 0 Å². The van der Waals surface area contributed by atoms with Gasteiger partial charge in [0.2, 0.25) is 0 Å². The van der Waals surface area contributed by atoms with E-state index in [4.69, 9.17) is 10.8 Å². The van der Waals surface area contributed by atoms with Crippen LogP contribution in [0.3, 0.4) is 0 Å². The molecular formula is C14H16N2O2. The lowest BCUT2D eigenvalue weighted by atomic mass is 9.85. The second kappa shape index (κ2) is 4.05. The van der Waals surface area contributed by atoms with Gasteiger partial charge in [0.25, 0.3) is 0 Å². The highest BCUT2D eigenvalue weighted by molar-refractivity contribution is 5.86. The van der Waals surface area contributed by atoms with Crippen LogP contribution in [-0.4, -0.2) is 16.1 Å². The molecule has 0 amide bonds. The van der Waals surface area contributed by atoms with Gasteiger partial charge in [0.1, 0.15) is 5.69 Å². The lowest BCUT2D eigenvalue weighted by Gasteiger charge is -2.22. The molecule has 0 fully saturated rings. The van der Waals surface area contributed by atoms with E-state index in [1.165, 1.54) is 0 Å². The molecule has 1 aromatic heterocycles. The van der Waals surface area contributed by atoms with Crippen LogP contribution in [-0.2, 0) is 6.42 Å². The standard InChI is InChI=1S/C14H16N2O2/c15-10-3-1-2-8(6-10)11-5-4-9-7-12(14(17)18)16-13(9)11/h1,3,6-8,11,16H,2,4-5,15H2,(H,17,18). The summed E-state index contributed by atoms with van der Waals surface area (Å²) in [5.74, 6) is -0.130. The summed E-state index contributed by atoms with van der Waals surface area (Å²) >= 11 is 0. The predicted octanol–water partition coefficient (Wildman–Crippen LogP) is 2.16. The maximum absolute atomic E-state index is 11.0. The molecule has 0 saturated heterocycles. The summed E-state index contributed by atoms with van der Waals surface area (Å²) in [6.07, 6.45) is 9.14. The molecule has 0 spiro atoms. The maximum Gasteiger partial charge on any atom is 0.352 e. The van der Waals surface area contributed by atoms with Crippen LogP contribution in [0.25, 0.3) is 0 Å². The second-order valence-corrected chi connectivity index (χ2v) is 5.04. The molecule has 1 aromatic rings. The first kappa shape index (κ1) is 11.1. The molecule has 18 heavy (non-hydrogen) atoms. The fraction of sp³-hybridized carbons (Fsp3) is 0.357. The minimum Gasteiger partial charge on any atom is -0.477 e. The monoisotopic (exact) mass is 244 g/mol. The van der Waals surface area contributed by atoms with Crippen LogP contribution in [0.1, 0.15) is 40.5 Å². The van der Waals surface area contributed by atoms with Crippen molar-refractivity contribution < 1.29 is 9.90 Å². The van der Waals surface area contributed by atoms with Gasteiger partial charge in [0, 0.05) is 17.3 Å². The molecule has 4 heteroatoms. The number of aryl methyl sites for hydroxylation is 1. The van der Waals surface area contributed by atoms with Crippen molar-refractivity contribution in [2.45, 2.75) is 25.2 Å². The van der Waals surface area contributed by atoms with Gasteiger partial charge in [-0.2, -0.15) is 0 Å². The number of nitrogens with two attached hydrogens (primary N) is 1. The Bertz CT molecular complexity index is 554. The SMILES string of the molecule is NC1=CC(C2CCc3cc(C(=O)O)[nH]c32)CC=C1. The highest BCUT2D eigenvalue weighted by atomic mass is 16.4. The summed E-state index contributed by atoms with van der Waals surface area (Å²) < 4.78 is 0. The summed E-state index contributed by atoms with van der Waals surface area (Å²) in [6.45, 7) is 0. The summed E-state index contributed by atoms with van der Waals surface area (Å²) in [5, 5.41) is 9.01. The number of aromatic nitrogens is 1. The van der Waals surface area contributed by atoms with Gasteiger partial charge >= 0.3 is 5.97 Å². The lowest BCUT2D eigenvalue weighted by molar-refractivity contribution is 0.0691.